The van der Waals surface area contributed by atoms with Crippen LogP contribution in [0.3, 0.4) is 0 Å². The second-order valence-corrected chi connectivity index (χ2v) is 3.39. The van der Waals surface area contributed by atoms with Crippen LogP contribution in [0.25, 0.3) is 0 Å². The van der Waals surface area contributed by atoms with Crippen molar-refractivity contribution in [1.29, 1.82) is 0 Å². The first kappa shape index (κ1) is 16.1. The van der Waals surface area contributed by atoms with Gasteiger partial charge in [-0.15, -0.1) is 12.4 Å². The Bertz CT molecular complexity index is 452. The Morgan fingerprint density at radius 3 is 2.72 bits per heavy atom. The summed E-state index contributed by atoms with van der Waals surface area (Å²) in [6.45, 7) is 0. The lowest BCUT2D eigenvalue weighted by atomic mass is 10.0. The average Bonchev–Trinajstić information content (AvgIpc) is 2.28. The molecule has 7 nitrogen and oxygen atoms in total. The summed E-state index contributed by atoms with van der Waals surface area (Å²) in [6, 6.07) is 2.61. The number of aromatic hydroxyl groups is 1. The van der Waals surface area contributed by atoms with Crippen LogP contribution >= 0.6 is 12.4 Å². The Hall–Kier alpha value is -1.86. The Morgan fingerprint density at radius 1 is 1.61 bits per heavy atom. The molecule has 1 aromatic carbocycles. The number of esters is 1. The van der Waals surface area contributed by atoms with Crippen molar-refractivity contribution in [1.82, 2.24) is 0 Å². The molecule has 0 saturated carbocycles. The maximum atomic E-state index is 11.0. The van der Waals surface area contributed by atoms with Crippen molar-refractivity contribution in [3.8, 4) is 5.75 Å². The standard InChI is InChI=1S/C10H12N2O5.ClH/c1-17-10(14)5-8(11)7-4-6(13)2-3-9(7)12(15)16;/h2-4,8,13H,5,11H2,1H3;1H/t8-;/m0./s1. The van der Waals surface area contributed by atoms with Crippen molar-refractivity contribution in [2.24, 2.45) is 5.73 Å². The smallest absolute Gasteiger partial charge is 0.307 e. The van der Waals surface area contributed by atoms with Gasteiger partial charge in [0.25, 0.3) is 5.69 Å². The van der Waals surface area contributed by atoms with Crippen LogP contribution in [0.5, 0.6) is 5.75 Å². The van der Waals surface area contributed by atoms with Crippen LogP contribution in [0.2, 0.25) is 0 Å². The molecule has 0 unspecified atom stereocenters. The first-order valence-electron chi connectivity index (χ1n) is 4.75. The fourth-order valence-corrected chi connectivity index (χ4v) is 1.38. The monoisotopic (exact) mass is 276 g/mol. The lowest BCUT2D eigenvalue weighted by molar-refractivity contribution is -0.385. The highest BCUT2D eigenvalue weighted by atomic mass is 35.5. The number of benzene rings is 1. The second-order valence-electron chi connectivity index (χ2n) is 3.39. The number of carbonyl (C=O) groups excluding carboxylic acids is 1. The van der Waals surface area contributed by atoms with E-state index in [-0.39, 0.29) is 35.8 Å². The number of phenolic OH excluding ortho intramolecular Hbond substituents is 1. The van der Waals surface area contributed by atoms with Crippen LogP contribution in [-0.4, -0.2) is 23.1 Å². The molecule has 1 rings (SSSR count). The van der Waals surface area contributed by atoms with Gasteiger partial charge in [0.05, 0.1) is 24.0 Å². The zero-order chi connectivity index (χ0) is 13.0. The minimum Gasteiger partial charge on any atom is -0.508 e. The van der Waals surface area contributed by atoms with E-state index in [1.54, 1.807) is 0 Å². The highest BCUT2D eigenvalue weighted by Crippen LogP contribution is 2.29. The van der Waals surface area contributed by atoms with Crippen molar-refractivity contribution >= 4 is 24.1 Å². The summed E-state index contributed by atoms with van der Waals surface area (Å²) in [5.41, 5.74) is 5.52. The van der Waals surface area contributed by atoms with Gasteiger partial charge in [-0.25, -0.2) is 0 Å². The molecule has 0 radical (unpaired) electrons. The number of halogens is 1. The van der Waals surface area contributed by atoms with Gasteiger partial charge < -0.3 is 15.6 Å². The summed E-state index contributed by atoms with van der Waals surface area (Å²) in [5.74, 6) is -0.721. The van der Waals surface area contributed by atoms with Gasteiger partial charge >= 0.3 is 5.97 Å². The van der Waals surface area contributed by atoms with Gasteiger partial charge in [0.1, 0.15) is 5.75 Å². The molecule has 0 aliphatic rings. The zero-order valence-corrected chi connectivity index (χ0v) is 10.3. The van der Waals surface area contributed by atoms with E-state index in [2.05, 4.69) is 4.74 Å². The van der Waals surface area contributed by atoms with E-state index < -0.39 is 16.9 Å². The molecular formula is C10H13ClN2O5. The molecule has 0 heterocycles. The third-order valence-corrected chi connectivity index (χ3v) is 2.22. The SMILES string of the molecule is COC(=O)C[C@H](N)c1cc(O)ccc1[N+](=O)[O-].Cl. The van der Waals surface area contributed by atoms with Crippen molar-refractivity contribution in [3.05, 3.63) is 33.9 Å². The van der Waals surface area contributed by atoms with Gasteiger partial charge in [0, 0.05) is 12.1 Å². The van der Waals surface area contributed by atoms with Crippen LogP contribution in [0.1, 0.15) is 18.0 Å². The molecule has 1 atom stereocenters. The fourth-order valence-electron chi connectivity index (χ4n) is 1.38. The van der Waals surface area contributed by atoms with Gasteiger partial charge in [-0.1, -0.05) is 0 Å². The normalized spacial score (nSPS) is 11.2. The van der Waals surface area contributed by atoms with Gasteiger partial charge in [0.15, 0.2) is 0 Å². The van der Waals surface area contributed by atoms with Gasteiger partial charge in [-0.05, 0) is 12.1 Å². The number of nitro groups is 1. The Morgan fingerprint density at radius 2 is 2.22 bits per heavy atom. The third-order valence-electron chi connectivity index (χ3n) is 2.22. The Labute approximate surface area is 109 Å². The van der Waals surface area contributed by atoms with E-state index >= 15 is 0 Å². The number of nitrogens with zero attached hydrogens (tertiary/aromatic N) is 1. The number of nitrogens with two attached hydrogens (primary N) is 1. The van der Waals surface area contributed by atoms with Crippen molar-refractivity contribution in [2.45, 2.75) is 12.5 Å². The summed E-state index contributed by atoms with van der Waals surface area (Å²) in [4.78, 5) is 21.2. The van der Waals surface area contributed by atoms with Crippen LogP contribution in [0.4, 0.5) is 5.69 Å². The van der Waals surface area contributed by atoms with Gasteiger partial charge in [-0.3, -0.25) is 14.9 Å². The quantitative estimate of drug-likeness (QED) is 0.486. The molecule has 0 aliphatic carbocycles. The molecule has 3 N–H and O–H groups in total. The van der Waals surface area contributed by atoms with Crippen molar-refractivity contribution in [2.75, 3.05) is 7.11 Å². The van der Waals surface area contributed by atoms with E-state index in [1.165, 1.54) is 19.2 Å². The van der Waals surface area contributed by atoms with E-state index in [0.29, 0.717) is 0 Å². The predicted molar refractivity (Wildman–Crippen MR) is 65.6 cm³/mol. The molecule has 0 aliphatic heterocycles. The third kappa shape index (κ3) is 3.86. The number of nitro benzene ring substituents is 1. The summed E-state index contributed by atoms with van der Waals surface area (Å²) >= 11 is 0. The van der Waals surface area contributed by atoms with Crippen LogP contribution in [-0.2, 0) is 9.53 Å². The number of hydrogen-bond donors (Lipinski definition) is 2. The lowest BCUT2D eigenvalue weighted by Crippen LogP contribution is -2.17. The molecular weight excluding hydrogens is 264 g/mol. The molecule has 0 saturated heterocycles. The first-order chi connectivity index (χ1) is 7.95. The molecule has 18 heavy (non-hydrogen) atoms. The van der Waals surface area contributed by atoms with E-state index in [1.807, 2.05) is 0 Å². The highest BCUT2D eigenvalue weighted by molar-refractivity contribution is 5.85. The molecule has 1 aromatic rings. The van der Waals surface area contributed by atoms with E-state index in [0.717, 1.165) is 6.07 Å². The predicted octanol–water partition coefficient (Wildman–Crippen LogP) is 1.29. The molecule has 0 spiro atoms. The second kappa shape index (κ2) is 6.77. The minimum absolute atomic E-state index is 0. The number of methoxy groups -OCH3 is 1. The fraction of sp³-hybridized carbons (Fsp3) is 0.300. The number of carbonyl (C=O) groups is 1. The van der Waals surface area contributed by atoms with E-state index in [9.17, 15) is 20.0 Å². The summed E-state index contributed by atoms with van der Waals surface area (Å²) in [5, 5.41) is 20.0. The first-order valence-corrected chi connectivity index (χ1v) is 4.75. The number of ether oxygens (including phenoxy) is 1. The number of hydrogen-bond acceptors (Lipinski definition) is 6. The minimum atomic E-state index is -0.894. The molecule has 0 bridgehead atoms. The van der Waals surface area contributed by atoms with E-state index in [4.69, 9.17) is 5.73 Å². The lowest BCUT2D eigenvalue weighted by Gasteiger charge is -2.11. The summed E-state index contributed by atoms with van der Waals surface area (Å²) in [7, 11) is 1.20. The van der Waals surface area contributed by atoms with Gasteiger partial charge in [-0.2, -0.15) is 0 Å². The van der Waals surface area contributed by atoms with Crippen LogP contribution < -0.4 is 5.73 Å². The summed E-state index contributed by atoms with van der Waals surface area (Å²) in [6.07, 6.45) is -0.194. The van der Waals surface area contributed by atoms with Crippen LogP contribution in [0.15, 0.2) is 18.2 Å². The molecule has 8 heteroatoms. The maximum absolute atomic E-state index is 11.0. The Kier molecular flexibility index (Phi) is 6.07. The van der Waals surface area contributed by atoms with Gasteiger partial charge in [0.2, 0.25) is 0 Å². The van der Waals surface area contributed by atoms with Crippen LogP contribution in [0, 0.1) is 10.1 Å². The van der Waals surface area contributed by atoms with Crippen molar-refractivity contribution < 1.29 is 19.6 Å². The molecule has 100 valence electrons. The Balaban J connectivity index is 0.00000289. The highest BCUT2D eigenvalue weighted by Gasteiger charge is 2.22. The maximum Gasteiger partial charge on any atom is 0.307 e. The topological polar surface area (TPSA) is 116 Å². The molecule has 0 aromatic heterocycles. The molecule has 0 fully saturated rings. The number of phenols is 1. The summed E-state index contributed by atoms with van der Waals surface area (Å²) < 4.78 is 4.42. The number of rotatable bonds is 4. The average molecular weight is 277 g/mol. The largest absolute Gasteiger partial charge is 0.508 e. The molecule has 0 amide bonds. The van der Waals surface area contributed by atoms with Crippen molar-refractivity contribution in [3.63, 3.8) is 0 Å². The zero-order valence-electron chi connectivity index (χ0n) is 9.53.